The maximum Gasteiger partial charge on any atom is 0.330 e. The summed E-state index contributed by atoms with van der Waals surface area (Å²) in [4.78, 5) is 13.1. The van der Waals surface area contributed by atoms with Crippen LogP contribution in [-0.2, 0) is 9.53 Å². The van der Waals surface area contributed by atoms with Crippen molar-refractivity contribution in [2.24, 2.45) is 0 Å². The average Bonchev–Trinajstić information content (AvgIpc) is 2.34. The zero-order valence-corrected chi connectivity index (χ0v) is 13.0. The van der Waals surface area contributed by atoms with Crippen molar-refractivity contribution in [1.82, 2.24) is 0 Å². The van der Waals surface area contributed by atoms with E-state index in [1.165, 1.54) is 6.08 Å². The minimum atomic E-state index is -0.342. The molecular weight excluding hydrogens is 303 g/mol. The minimum absolute atomic E-state index is 0.342. The lowest BCUT2D eigenvalue weighted by molar-refractivity contribution is -0.137. The molecular formula is C14H14Cl2O2S. The van der Waals surface area contributed by atoms with Crippen LogP contribution in [0.15, 0.2) is 46.2 Å². The molecule has 1 aromatic rings. The topological polar surface area (TPSA) is 26.3 Å². The Kier molecular flexibility index (Phi) is 7.06. The van der Waals surface area contributed by atoms with Gasteiger partial charge in [0.2, 0.25) is 0 Å². The molecule has 0 bridgehead atoms. The van der Waals surface area contributed by atoms with E-state index in [0.29, 0.717) is 16.7 Å². The Morgan fingerprint density at radius 1 is 1.37 bits per heavy atom. The molecule has 0 aliphatic heterocycles. The molecule has 2 nitrogen and oxygen atoms in total. The van der Waals surface area contributed by atoms with Gasteiger partial charge in [0.15, 0.2) is 0 Å². The van der Waals surface area contributed by atoms with Crippen molar-refractivity contribution < 1.29 is 9.53 Å². The van der Waals surface area contributed by atoms with Crippen molar-refractivity contribution in [2.75, 3.05) is 6.61 Å². The van der Waals surface area contributed by atoms with E-state index in [9.17, 15) is 4.79 Å². The third-order valence-electron chi connectivity index (χ3n) is 2.02. The van der Waals surface area contributed by atoms with Gasteiger partial charge in [0.1, 0.15) is 0 Å². The lowest BCUT2D eigenvalue weighted by Crippen LogP contribution is -1.98. The number of hydrogen-bond donors (Lipinski definition) is 0. The van der Waals surface area contributed by atoms with Gasteiger partial charge < -0.3 is 4.74 Å². The number of hydrogen-bond acceptors (Lipinski definition) is 3. The molecule has 0 saturated heterocycles. The van der Waals surface area contributed by atoms with Crippen molar-refractivity contribution in [3.05, 3.63) is 51.4 Å². The van der Waals surface area contributed by atoms with Crippen LogP contribution in [0.1, 0.15) is 13.8 Å². The molecule has 0 fully saturated rings. The highest BCUT2D eigenvalue weighted by Crippen LogP contribution is 2.31. The summed E-state index contributed by atoms with van der Waals surface area (Å²) >= 11 is 13.3. The summed E-state index contributed by atoms with van der Waals surface area (Å²) in [5.41, 5.74) is 0. The van der Waals surface area contributed by atoms with E-state index in [4.69, 9.17) is 27.9 Å². The summed E-state index contributed by atoms with van der Waals surface area (Å²) in [5.74, 6) is -0.342. The van der Waals surface area contributed by atoms with E-state index < -0.39 is 0 Å². The van der Waals surface area contributed by atoms with Crippen LogP contribution in [0.4, 0.5) is 0 Å². The summed E-state index contributed by atoms with van der Waals surface area (Å²) < 4.78 is 4.78. The van der Waals surface area contributed by atoms with Crippen LogP contribution in [0, 0.1) is 0 Å². The normalized spacial score (nSPS) is 11.9. The molecule has 19 heavy (non-hydrogen) atoms. The van der Waals surface area contributed by atoms with E-state index >= 15 is 0 Å². The maximum atomic E-state index is 11.1. The predicted octanol–water partition coefficient (Wildman–Crippen LogP) is 5.11. The zero-order chi connectivity index (χ0) is 14.3. The lowest BCUT2D eigenvalue weighted by Gasteiger charge is -2.02. The number of benzene rings is 1. The third-order valence-corrected chi connectivity index (χ3v) is 3.71. The second kappa shape index (κ2) is 8.31. The highest BCUT2D eigenvalue weighted by atomic mass is 35.5. The van der Waals surface area contributed by atoms with Gasteiger partial charge in [0.05, 0.1) is 16.7 Å². The lowest BCUT2D eigenvalue weighted by atomic mass is 10.4. The first-order valence-electron chi connectivity index (χ1n) is 5.67. The molecule has 5 heteroatoms. The van der Waals surface area contributed by atoms with Gasteiger partial charge in [-0.3, -0.25) is 0 Å². The molecule has 0 heterocycles. The van der Waals surface area contributed by atoms with Gasteiger partial charge in [-0.25, -0.2) is 4.79 Å². The van der Waals surface area contributed by atoms with Crippen molar-refractivity contribution in [1.29, 1.82) is 0 Å². The first-order valence-corrected chi connectivity index (χ1v) is 7.24. The number of thioether (sulfide) groups is 1. The number of allylic oxidation sites excluding steroid dienone is 3. The van der Waals surface area contributed by atoms with Crippen LogP contribution in [0.3, 0.4) is 0 Å². The maximum absolute atomic E-state index is 11.1. The summed E-state index contributed by atoms with van der Waals surface area (Å²) in [6, 6.07) is 5.46. The molecule has 0 aromatic heterocycles. The Bertz CT molecular complexity index is 510. The average molecular weight is 317 g/mol. The van der Waals surface area contributed by atoms with E-state index in [-0.39, 0.29) is 5.97 Å². The third kappa shape index (κ3) is 6.19. The number of carbonyl (C=O) groups is 1. The Morgan fingerprint density at radius 2 is 2.11 bits per heavy atom. The van der Waals surface area contributed by atoms with Crippen LogP contribution in [0.5, 0.6) is 0 Å². The van der Waals surface area contributed by atoms with Gasteiger partial charge in [-0.2, -0.15) is 0 Å². The molecule has 0 saturated carbocycles. The quantitative estimate of drug-likeness (QED) is 0.327. The van der Waals surface area contributed by atoms with Crippen molar-refractivity contribution in [3.8, 4) is 0 Å². The van der Waals surface area contributed by atoms with Crippen molar-refractivity contribution >= 4 is 40.9 Å². The van der Waals surface area contributed by atoms with E-state index in [0.717, 1.165) is 9.80 Å². The van der Waals surface area contributed by atoms with Gasteiger partial charge in [-0.1, -0.05) is 47.1 Å². The second-order valence-corrected chi connectivity index (χ2v) is 5.70. The fraction of sp³-hybridized carbons (Fsp3) is 0.214. The number of carbonyl (C=O) groups excluding carboxylic acids is 1. The van der Waals surface area contributed by atoms with Crippen LogP contribution in [0.2, 0.25) is 10.0 Å². The smallest absolute Gasteiger partial charge is 0.330 e. The first-order chi connectivity index (χ1) is 9.02. The first kappa shape index (κ1) is 16.2. The molecule has 0 amide bonds. The predicted molar refractivity (Wildman–Crippen MR) is 81.8 cm³/mol. The second-order valence-electron chi connectivity index (χ2n) is 3.57. The van der Waals surface area contributed by atoms with E-state index in [1.807, 2.05) is 19.1 Å². The Morgan fingerprint density at radius 3 is 2.74 bits per heavy atom. The molecule has 1 aromatic carbocycles. The zero-order valence-electron chi connectivity index (χ0n) is 10.7. The number of halogens is 2. The fourth-order valence-corrected chi connectivity index (χ4v) is 2.41. The molecule has 102 valence electrons. The molecule has 0 N–H and O–H groups in total. The monoisotopic (exact) mass is 316 g/mol. The molecule has 0 spiro atoms. The van der Waals surface area contributed by atoms with Gasteiger partial charge in [0, 0.05) is 11.0 Å². The van der Waals surface area contributed by atoms with Crippen molar-refractivity contribution in [2.45, 2.75) is 18.7 Å². The fourth-order valence-electron chi connectivity index (χ4n) is 1.21. The molecule has 0 unspecified atom stereocenters. The van der Waals surface area contributed by atoms with Crippen LogP contribution >= 0.6 is 35.0 Å². The summed E-state index contributed by atoms with van der Waals surface area (Å²) in [7, 11) is 0. The molecule has 0 aliphatic carbocycles. The Balaban J connectivity index is 2.61. The SMILES string of the molecule is CCOC(=O)/C=C/C=C(\C)Sc1ccc(Cl)c(Cl)c1. The standard InChI is InChI=1S/C14H14Cl2O2S/c1-3-18-14(17)6-4-5-10(2)19-11-7-8-12(15)13(16)9-11/h4-9H,3H2,1-2H3/b6-4+,10-5+. The minimum Gasteiger partial charge on any atom is -0.463 e. The van der Waals surface area contributed by atoms with Crippen molar-refractivity contribution in [3.63, 3.8) is 0 Å². The summed E-state index contributed by atoms with van der Waals surface area (Å²) in [5, 5.41) is 1.07. The van der Waals surface area contributed by atoms with E-state index in [1.54, 1.807) is 36.9 Å². The molecule has 1 rings (SSSR count). The molecule has 0 radical (unpaired) electrons. The largest absolute Gasteiger partial charge is 0.463 e. The summed E-state index contributed by atoms with van der Waals surface area (Å²) in [6.45, 7) is 4.10. The molecule has 0 atom stereocenters. The van der Waals surface area contributed by atoms with Crippen LogP contribution in [-0.4, -0.2) is 12.6 Å². The molecule has 0 aliphatic rings. The highest BCUT2D eigenvalue weighted by Gasteiger charge is 2.00. The van der Waals surface area contributed by atoms with Crippen LogP contribution in [0.25, 0.3) is 0 Å². The van der Waals surface area contributed by atoms with Crippen LogP contribution < -0.4 is 0 Å². The highest BCUT2D eigenvalue weighted by molar-refractivity contribution is 8.03. The van der Waals surface area contributed by atoms with Gasteiger partial charge >= 0.3 is 5.97 Å². The Hall–Kier alpha value is -0.900. The van der Waals surface area contributed by atoms with Gasteiger partial charge in [0.25, 0.3) is 0 Å². The van der Waals surface area contributed by atoms with E-state index in [2.05, 4.69) is 0 Å². The Labute approximate surface area is 127 Å². The summed E-state index contributed by atoms with van der Waals surface area (Å²) in [6.07, 6.45) is 4.89. The number of rotatable bonds is 5. The number of esters is 1. The number of ether oxygens (including phenoxy) is 1. The van der Waals surface area contributed by atoms with Gasteiger partial charge in [-0.15, -0.1) is 0 Å². The van der Waals surface area contributed by atoms with Gasteiger partial charge in [-0.05, 0) is 37.0 Å².